The van der Waals surface area contributed by atoms with Gasteiger partial charge >= 0.3 is 0 Å². The SMILES string of the molecule is CNC(CC1CCSCC1)c1ccnn1-c1ccccc1. The van der Waals surface area contributed by atoms with Crippen molar-refractivity contribution in [1.29, 1.82) is 0 Å². The standard InChI is InChI=1S/C17H23N3S/c1-18-16(13-14-8-11-21-12-9-14)17-7-10-19-20(17)15-5-3-2-4-6-15/h2-7,10,14,16,18H,8-9,11-13H2,1H3. The van der Waals surface area contributed by atoms with Crippen LogP contribution in [0.4, 0.5) is 0 Å². The van der Waals surface area contributed by atoms with E-state index in [1.165, 1.54) is 36.5 Å². The third kappa shape index (κ3) is 3.50. The molecule has 1 aromatic carbocycles. The van der Waals surface area contributed by atoms with Gasteiger partial charge in [0, 0.05) is 12.2 Å². The molecular weight excluding hydrogens is 278 g/mol. The highest BCUT2D eigenvalue weighted by molar-refractivity contribution is 7.99. The first-order valence-corrected chi connectivity index (χ1v) is 8.88. The molecule has 0 spiro atoms. The summed E-state index contributed by atoms with van der Waals surface area (Å²) in [5.41, 5.74) is 2.40. The first-order chi connectivity index (χ1) is 10.4. The molecule has 0 bridgehead atoms. The number of thioether (sulfide) groups is 1. The molecule has 1 atom stereocenters. The van der Waals surface area contributed by atoms with Crippen molar-refractivity contribution in [1.82, 2.24) is 15.1 Å². The van der Waals surface area contributed by atoms with Gasteiger partial charge in [-0.25, -0.2) is 4.68 Å². The lowest BCUT2D eigenvalue weighted by molar-refractivity contribution is 0.375. The van der Waals surface area contributed by atoms with E-state index < -0.39 is 0 Å². The normalized spacial score (nSPS) is 17.8. The molecule has 0 radical (unpaired) electrons. The lowest BCUT2D eigenvalue weighted by Crippen LogP contribution is -2.24. The first kappa shape index (κ1) is 14.7. The molecule has 1 aromatic heterocycles. The van der Waals surface area contributed by atoms with Crippen molar-refractivity contribution in [2.75, 3.05) is 18.6 Å². The zero-order chi connectivity index (χ0) is 14.5. The maximum absolute atomic E-state index is 4.52. The molecule has 4 heteroatoms. The topological polar surface area (TPSA) is 29.9 Å². The van der Waals surface area contributed by atoms with Crippen LogP contribution in [0.1, 0.15) is 31.0 Å². The van der Waals surface area contributed by atoms with E-state index in [9.17, 15) is 0 Å². The molecule has 1 N–H and O–H groups in total. The third-order valence-electron chi connectivity index (χ3n) is 4.29. The second-order valence-corrected chi connectivity index (χ2v) is 6.86. The molecule has 2 heterocycles. The Morgan fingerprint density at radius 2 is 2.00 bits per heavy atom. The van der Waals surface area contributed by atoms with E-state index in [2.05, 4.69) is 64.2 Å². The molecule has 1 saturated heterocycles. The van der Waals surface area contributed by atoms with E-state index in [4.69, 9.17) is 0 Å². The van der Waals surface area contributed by atoms with Crippen LogP contribution in [0.3, 0.4) is 0 Å². The van der Waals surface area contributed by atoms with Crippen LogP contribution in [0.2, 0.25) is 0 Å². The molecule has 0 saturated carbocycles. The second kappa shape index (κ2) is 7.14. The highest BCUT2D eigenvalue weighted by Crippen LogP contribution is 2.31. The van der Waals surface area contributed by atoms with Gasteiger partial charge in [0.1, 0.15) is 0 Å². The van der Waals surface area contributed by atoms with Crippen LogP contribution >= 0.6 is 11.8 Å². The number of aromatic nitrogens is 2. The van der Waals surface area contributed by atoms with Crippen LogP contribution in [-0.4, -0.2) is 28.3 Å². The van der Waals surface area contributed by atoms with E-state index in [0.717, 1.165) is 11.6 Å². The van der Waals surface area contributed by atoms with Crippen LogP contribution < -0.4 is 5.32 Å². The molecule has 21 heavy (non-hydrogen) atoms. The van der Waals surface area contributed by atoms with Gasteiger partial charge < -0.3 is 5.32 Å². The fourth-order valence-corrected chi connectivity index (χ4v) is 4.27. The lowest BCUT2D eigenvalue weighted by atomic mass is 9.93. The van der Waals surface area contributed by atoms with Crippen LogP contribution in [-0.2, 0) is 0 Å². The summed E-state index contributed by atoms with van der Waals surface area (Å²) in [4.78, 5) is 0. The quantitative estimate of drug-likeness (QED) is 0.914. The Balaban J connectivity index is 1.79. The zero-order valence-electron chi connectivity index (χ0n) is 12.5. The first-order valence-electron chi connectivity index (χ1n) is 7.73. The van der Waals surface area contributed by atoms with Gasteiger partial charge in [-0.15, -0.1) is 0 Å². The smallest absolute Gasteiger partial charge is 0.0649 e. The molecule has 1 unspecified atom stereocenters. The van der Waals surface area contributed by atoms with Gasteiger partial charge in [0.25, 0.3) is 0 Å². The Labute approximate surface area is 131 Å². The predicted octanol–water partition coefficient (Wildman–Crippen LogP) is 3.67. The largest absolute Gasteiger partial charge is 0.312 e. The zero-order valence-corrected chi connectivity index (χ0v) is 13.4. The van der Waals surface area contributed by atoms with Crippen molar-refractivity contribution in [2.45, 2.75) is 25.3 Å². The Hall–Kier alpha value is -1.26. The van der Waals surface area contributed by atoms with Crippen LogP contribution in [0.25, 0.3) is 5.69 Å². The lowest BCUT2D eigenvalue weighted by Gasteiger charge is -2.26. The fourth-order valence-electron chi connectivity index (χ4n) is 3.06. The number of nitrogens with one attached hydrogen (secondary N) is 1. The van der Waals surface area contributed by atoms with Gasteiger partial charge in [0.15, 0.2) is 0 Å². The number of para-hydroxylation sites is 1. The molecule has 112 valence electrons. The molecule has 2 aromatic rings. The number of rotatable bonds is 5. The summed E-state index contributed by atoms with van der Waals surface area (Å²) in [6, 6.07) is 12.9. The van der Waals surface area contributed by atoms with Crippen molar-refractivity contribution in [3.05, 3.63) is 48.3 Å². The van der Waals surface area contributed by atoms with E-state index in [1.54, 1.807) is 0 Å². The highest BCUT2D eigenvalue weighted by Gasteiger charge is 2.22. The van der Waals surface area contributed by atoms with Crippen LogP contribution in [0.15, 0.2) is 42.6 Å². The van der Waals surface area contributed by atoms with Crippen molar-refractivity contribution in [2.24, 2.45) is 5.92 Å². The summed E-state index contributed by atoms with van der Waals surface area (Å²) in [7, 11) is 2.06. The van der Waals surface area contributed by atoms with E-state index in [-0.39, 0.29) is 0 Å². The average Bonchev–Trinajstić information content (AvgIpc) is 3.04. The van der Waals surface area contributed by atoms with Gasteiger partial charge in [-0.2, -0.15) is 16.9 Å². The maximum Gasteiger partial charge on any atom is 0.0649 e. The molecule has 1 aliphatic heterocycles. The van der Waals surface area contributed by atoms with Gasteiger partial charge in [-0.3, -0.25) is 0 Å². The molecule has 3 nitrogen and oxygen atoms in total. The van der Waals surface area contributed by atoms with Crippen molar-refractivity contribution in [3.63, 3.8) is 0 Å². The average molecular weight is 301 g/mol. The number of hydrogen-bond donors (Lipinski definition) is 1. The summed E-state index contributed by atoms with van der Waals surface area (Å²) < 4.78 is 2.07. The van der Waals surface area contributed by atoms with Crippen LogP contribution in [0, 0.1) is 5.92 Å². The Bertz CT molecular complexity index is 546. The summed E-state index contributed by atoms with van der Waals surface area (Å²) in [5.74, 6) is 3.47. The summed E-state index contributed by atoms with van der Waals surface area (Å²) in [6.45, 7) is 0. The van der Waals surface area contributed by atoms with E-state index in [1.807, 2.05) is 12.3 Å². The molecule has 1 aliphatic rings. The molecule has 3 rings (SSSR count). The van der Waals surface area contributed by atoms with Crippen LogP contribution in [0.5, 0.6) is 0 Å². The predicted molar refractivity (Wildman–Crippen MR) is 90.0 cm³/mol. The Kier molecular flexibility index (Phi) is 4.99. The number of benzene rings is 1. The maximum atomic E-state index is 4.52. The monoisotopic (exact) mass is 301 g/mol. The van der Waals surface area contributed by atoms with Gasteiger partial charge in [0.2, 0.25) is 0 Å². The molecule has 0 aliphatic carbocycles. The highest BCUT2D eigenvalue weighted by atomic mass is 32.2. The summed E-state index contributed by atoms with van der Waals surface area (Å²) in [5, 5.41) is 8.02. The van der Waals surface area contributed by atoms with Crippen molar-refractivity contribution < 1.29 is 0 Å². The van der Waals surface area contributed by atoms with E-state index in [0.29, 0.717) is 6.04 Å². The Morgan fingerprint density at radius 1 is 1.24 bits per heavy atom. The van der Waals surface area contributed by atoms with Gasteiger partial charge in [-0.1, -0.05) is 18.2 Å². The van der Waals surface area contributed by atoms with Gasteiger partial charge in [0.05, 0.1) is 11.4 Å². The minimum Gasteiger partial charge on any atom is -0.312 e. The second-order valence-electron chi connectivity index (χ2n) is 5.64. The number of hydrogen-bond acceptors (Lipinski definition) is 3. The van der Waals surface area contributed by atoms with Crippen molar-refractivity contribution in [3.8, 4) is 5.69 Å². The third-order valence-corrected chi connectivity index (χ3v) is 5.34. The van der Waals surface area contributed by atoms with Gasteiger partial charge in [-0.05, 0) is 61.9 Å². The number of nitrogens with zero attached hydrogens (tertiary/aromatic N) is 2. The fraction of sp³-hybridized carbons (Fsp3) is 0.471. The summed E-state index contributed by atoms with van der Waals surface area (Å²) in [6.07, 6.45) is 5.81. The minimum absolute atomic E-state index is 0.376. The molecule has 1 fully saturated rings. The van der Waals surface area contributed by atoms with Crippen molar-refractivity contribution >= 4 is 11.8 Å². The molecular formula is C17H23N3S. The van der Waals surface area contributed by atoms with E-state index >= 15 is 0 Å². The molecule has 0 amide bonds. The minimum atomic E-state index is 0.376. The Morgan fingerprint density at radius 3 is 2.71 bits per heavy atom. The summed E-state index contributed by atoms with van der Waals surface area (Å²) >= 11 is 2.09.